The molecule has 3 rings (SSSR count). The lowest BCUT2D eigenvalue weighted by Gasteiger charge is -2.14. The highest BCUT2D eigenvalue weighted by molar-refractivity contribution is 5.61. The third-order valence-electron chi connectivity index (χ3n) is 4.75. The summed E-state index contributed by atoms with van der Waals surface area (Å²) in [4.78, 5) is 2.04. The molecule has 1 aliphatic heterocycles. The second kappa shape index (κ2) is 10.5. The van der Waals surface area contributed by atoms with Crippen LogP contribution >= 0.6 is 0 Å². The first-order chi connectivity index (χ1) is 15.5. The van der Waals surface area contributed by atoms with E-state index in [9.17, 15) is 10.5 Å². The number of nitrogens with zero attached hydrogens (tertiary/aromatic N) is 3. The molecular formula is C27H23N3O2. The van der Waals surface area contributed by atoms with E-state index in [1.54, 1.807) is 25.3 Å². The number of rotatable bonds is 6. The largest absolute Gasteiger partial charge is 0.497 e. The second-order valence-corrected chi connectivity index (χ2v) is 7.18. The van der Waals surface area contributed by atoms with Crippen LogP contribution < -0.4 is 9.64 Å². The molecule has 0 amide bonds. The van der Waals surface area contributed by atoms with Crippen LogP contribution in [0.25, 0.3) is 12.2 Å². The molecule has 5 nitrogen and oxygen atoms in total. The summed E-state index contributed by atoms with van der Waals surface area (Å²) in [6.45, 7) is 0. The van der Waals surface area contributed by atoms with Gasteiger partial charge in [-0.3, -0.25) is 0 Å². The number of nitriles is 2. The van der Waals surface area contributed by atoms with Crippen LogP contribution in [-0.2, 0) is 4.74 Å². The monoisotopic (exact) mass is 421 g/mol. The number of benzene rings is 2. The Hall–Kier alpha value is -4.48. The fraction of sp³-hybridized carbons (Fsp3) is 0.111. The van der Waals surface area contributed by atoms with Crippen LogP contribution in [0.4, 0.5) is 5.69 Å². The lowest BCUT2D eigenvalue weighted by atomic mass is 10.1. The summed E-state index contributed by atoms with van der Waals surface area (Å²) in [6, 6.07) is 19.6. The van der Waals surface area contributed by atoms with E-state index in [0.717, 1.165) is 22.6 Å². The van der Waals surface area contributed by atoms with Gasteiger partial charge in [-0.25, -0.2) is 0 Å². The fourth-order valence-electron chi connectivity index (χ4n) is 2.96. The lowest BCUT2D eigenvalue weighted by Crippen LogP contribution is -2.07. The molecule has 0 aliphatic carbocycles. The number of anilines is 1. The van der Waals surface area contributed by atoms with Crippen LogP contribution in [-0.4, -0.2) is 21.2 Å². The maximum atomic E-state index is 9.31. The molecule has 0 aromatic heterocycles. The number of hydrogen-bond donors (Lipinski definition) is 0. The molecule has 32 heavy (non-hydrogen) atoms. The highest BCUT2D eigenvalue weighted by atomic mass is 16.5. The third-order valence-corrected chi connectivity index (χ3v) is 4.75. The second-order valence-electron chi connectivity index (χ2n) is 7.18. The maximum absolute atomic E-state index is 9.31. The average Bonchev–Trinajstić information content (AvgIpc) is 2.83. The van der Waals surface area contributed by atoms with E-state index in [2.05, 4.69) is 0 Å². The van der Waals surface area contributed by atoms with Crippen LogP contribution in [0, 0.1) is 22.7 Å². The van der Waals surface area contributed by atoms with Crippen molar-refractivity contribution in [3.05, 3.63) is 107 Å². The van der Waals surface area contributed by atoms with Crippen molar-refractivity contribution in [2.45, 2.75) is 0 Å². The highest BCUT2D eigenvalue weighted by Crippen LogP contribution is 2.25. The van der Waals surface area contributed by atoms with Crippen LogP contribution in [0.2, 0.25) is 0 Å². The Morgan fingerprint density at radius 1 is 0.812 bits per heavy atom. The molecule has 1 aliphatic rings. The normalized spacial score (nSPS) is 13.1. The van der Waals surface area contributed by atoms with Crippen molar-refractivity contribution in [3.8, 4) is 17.9 Å². The minimum atomic E-state index is 0.0323. The molecule has 0 bridgehead atoms. The quantitative estimate of drug-likeness (QED) is 0.566. The molecule has 2 aromatic rings. The van der Waals surface area contributed by atoms with E-state index in [-0.39, 0.29) is 5.57 Å². The Morgan fingerprint density at radius 2 is 1.31 bits per heavy atom. The van der Waals surface area contributed by atoms with Gasteiger partial charge in [0.2, 0.25) is 0 Å². The van der Waals surface area contributed by atoms with Crippen LogP contribution in [0.3, 0.4) is 0 Å². The fourth-order valence-corrected chi connectivity index (χ4v) is 2.96. The van der Waals surface area contributed by atoms with Gasteiger partial charge >= 0.3 is 0 Å². The zero-order chi connectivity index (χ0) is 22.9. The first-order valence-corrected chi connectivity index (χ1v) is 9.95. The zero-order valence-electron chi connectivity index (χ0n) is 18.2. The first kappa shape index (κ1) is 22.2. The molecule has 2 aromatic carbocycles. The Bertz CT molecular complexity index is 1180. The molecule has 0 spiro atoms. The van der Waals surface area contributed by atoms with Crippen molar-refractivity contribution < 1.29 is 9.47 Å². The topological polar surface area (TPSA) is 69.3 Å². The van der Waals surface area contributed by atoms with Crippen molar-refractivity contribution in [1.82, 2.24) is 0 Å². The average molecular weight is 422 g/mol. The van der Waals surface area contributed by atoms with Gasteiger partial charge in [-0.15, -0.1) is 0 Å². The maximum Gasteiger partial charge on any atom is 0.137 e. The van der Waals surface area contributed by atoms with E-state index in [1.807, 2.05) is 97.9 Å². The van der Waals surface area contributed by atoms with Gasteiger partial charge in [0.05, 0.1) is 7.11 Å². The van der Waals surface area contributed by atoms with Gasteiger partial charge in [0.1, 0.15) is 35.0 Å². The molecule has 158 valence electrons. The first-order valence-electron chi connectivity index (χ1n) is 9.95. The predicted octanol–water partition coefficient (Wildman–Crippen LogP) is 5.63. The molecule has 0 saturated carbocycles. The van der Waals surface area contributed by atoms with E-state index >= 15 is 0 Å². The van der Waals surface area contributed by atoms with E-state index < -0.39 is 0 Å². The minimum absolute atomic E-state index is 0.0323. The number of allylic oxidation sites excluding steroid dienone is 6. The zero-order valence-corrected chi connectivity index (χ0v) is 18.2. The molecule has 0 N–H and O–H groups in total. The summed E-state index contributed by atoms with van der Waals surface area (Å²) in [5.41, 5.74) is 3.63. The summed E-state index contributed by atoms with van der Waals surface area (Å²) in [7, 11) is 5.61. The van der Waals surface area contributed by atoms with Crippen molar-refractivity contribution in [1.29, 1.82) is 10.5 Å². The van der Waals surface area contributed by atoms with Crippen molar-refractivity contribution >= 4 is 17.8 Å². The van der Waals surface area contributed by atoms with Crippen molar-refractivity contribution in [3.63, 3.8) is 0 Å². The summed E-state index contributed by atoms with van der Waals surface area (Å²) in [5, 5.41) is 18.6. The van der Waals surface area contributed by atoms with Gasteiger partial charge in [0, 0.05) is 25.4 Å². The molecule has 0 saturated heterocycles. The Morgan fingerprint density at radius 3 is 1.75 bits per heavy atom. The van der Waals surface area contributed by atoms with E-state index in [0.29, 0.717) is 17.1 Å². The predicted molar refractivity (Wildman–Crippen MR) is 127 cm³/mol. The Labute approximate surface area is 188 Å². The third kappa shape index (κ3) is 5.78. The van der Waals surface area contributed by atoms with Crippen molar-refractivity contribution in [2.75, 3.05) is 26.1 Å². The molecule has 0 radical (unpaired) electrons. The van der Waals surface area contributed by atoms with E-state index in [1.165, 1.54) is 0 Å². The SMILES string of the molecule is COc1ccc(/C=C/C2=CC(=C(C#N)C#N)C=C(/C=C/c3ccc(N(C)C)cc3)O2)cc1. The van der Waals surface area contributed by atoms with Gasteiger partial charge in [-0.2, -0.15) is 10.5 Å². The summed E-state index contributed by atoms with van der Waals surface area (Å²) < 4.78 is 11.1. The number of ether oxygens (including phenoxy) is 2. The Kier molecular flexibility index (Phi) is 7.30. The highest BCUT2D eigenvalue weighted by Gasteiger charge is 2.12. The van der Waals surface area contributed by atoms with Gasteiger partial charge < -0.3 is 14.4 Å². The molecule has 0 fully saturated rings. The molecular weight excluding hydrogens is 398 g/mol. The van der Waals surface area contributed by atoms with Gasteiger partial charge in [0.15, 0.2) is 0 Å². The molecule has 0 unspecified atom stereocenters. The van der Waals surface area contributed by atoms with Gasteiger partial charge in [0.25, 0.3) is 0 Å². The number of hydrogen-bond acceptors (Lipinski definition) is 5. The van der Waals surface area contributed by atoms with Gasteiger partial charge in [-0.05, 0) is 59.7 Å². The molecule has 5 heteroatoms. The summed E-state index contributed by atoms with van der Waals surface area (Å²) in [5.74, 6) is 1.85. The number of methoxy groups -OCH3 is 1. The van der Waals surface area contributed by atoms with Crippen LogP contribution in [0.1, 0.15) is 11.1 Å². The van der Waals surface area contributed by atoms with Crippen LogP contribution in [0.5, 0.6) is 5.75 Å². The van der Waals surface area contributed by atoms with Crippen LogP contribution in [0.15, 0.2) is 95.5 Å². The lowest BCUT2D eigenvalue weighted by molar-refractivity contribution is 0.332. The Balaban J connectivity index is 1.85. The minimum Gasteiger partial charge on any atom is -0.497 e. The summed E-state index contributed by atoms with van der Waals surface area (Å²) >= 11 is 0. The van der Waals surface area contributed by atoms with Crippen molar-refractivity contribution in [2.24, 2.45) is 0 Å². The van der Waals surface area contributed by atoms with Gasteiger partial charge in [-0.1, -0.05) is 36.4 Å². The van der Waals surface area contributed by atoms with E-state index in [4.69, 9.17) is 9.47 Å². The summed E-state index contributed by atoms with van der Waals surface area (Å²) in [6.07, 6.45) is 10.8. The smallest absolute Gasteiger partial charge is 0.137 e. The molecule has 1 heterocycles. The standard InChI is InChI=1S/C27H23N3O2/c1-30(2)24-10-4-20(5-11-24)8-14-26-16-22(23(18-28)19-29)17-27(32-26)15-9-21-6-12-25(31-3)13-7-21/h4-17H,1-3H3/b14-8+,15-9+. The molecule has 0 atom stereocenters.